The third-order valence-electron chi connectivity index (χ3n) is 5.68. The van der Waals surface area contributed by atoms with Gasteiger partial charge in [0.2, 0.25) is 5.82 Å². The van der Waals surface area contributed by atoms with Crippen LogP contribution in [0.2, 0.25) is 0 Å². The van der Waals surface area contributed by atoms with Gasteiger partial charge in [-0.3, -0.25) is 4.90 Å². The van der Waals surface area contributed by atoms with Crippen molar-refractivity contribution >= 4 is 11.6 Å². The van der Waals surface area contributed by atoms with Crippen LogP contribution in [-0.2, 0) is 0 Å². The van der Waals surface area contributed by atoms with Crippen molar-refractivity contribution in [2.75, 3.05) is 6.54 Å². The van der Waals surface area contributed by atoms with Crippen LogP contribution in [0.5, 0.6) is 0 Å². The summed E-state index contributed by atoms with van der Waals surface area (Å²) in [5.74, 6) is 0.968. The van der Waals surface area contributed by atoms with Gasteiger partial charge in [-0.2, -0.15) is 4.98 Å². The SMILES string of the molecule is CCCCCN1C(=O)NC(c2ccc(C)cc2)C(c2nc(-c3ccccc3)no2)=C1C. The predicted molar refractivity (Wildman–Crippen MR) is 121 cm³/mol. The number of unbranched alkanes of at least 4 members (excludes halogenated alkanes) is 2. The molecule has 0 fully saturated rings. The standard InChI is InChI=1S/C25H28N4O2/c1-4-5-9-16-29-18(3)21(22(26-25(29)30)19-14-12-17(2)13-15-19)24-27-23(28-31-24)20-10-7-6-8-11-20/h6-8,10-15,22H,4-5,9,16H2,1-3H3,(H,26,30). The van der Waals surface area contributed by atoms with E-state index in [1.54, 1.807) is 4.90 Å². The molecule has 6 nitrogen and oxygen atoms in total. The Bertz CT molecular complexity index is 1070. The second-order valence-corrected chi connectivity index (χ2v) is 7.94. The summed E-state index contributed by atoms with van der Waals surface area (Å²) in [5, 5.41) is 7.36. The number of nitrogens with zero attached hydrogens (tertiary/aromatic N) is 3. The first-order valence-corrected chi connectivity index (χ1v) is 10.8. The van der Waals surface area contributed by atoms with Crippen molar-refractivity contribution in [3.8, 4) is 11.4 Å². The number of allylic oxidation sites excluding steroid dienone is 1. The number of hydrogen-bond acceptors (Lipinski definition) is 4. The lowest BCUT2D eigenvalue weighted by Crippen LogP contribution is -2.46. The molecule has 2 aromatic carbocycles. The summed E-state index contributed by atoms with van der Waals surface area (Å²) in [6.45, 7) is 6.83. The van der Waals surface area contributed by atoms with Gasteiger partial charge in [0, 0.05) is 17.8 Å². The largest absolute Gasteiger partial charge is 0.334 e. The number of nitrogens with one attached hydrogen (secondary N) is 1. The van der Waals surface area contributed by atoms with E-state index in [-0.39, 0.29) is 12.1 Å². The fraction of sp³-hybridized carbons (Fsp3) is 0.320. The van der Waals surface area contributed by atoms with E-state index in [2.05, 4.69) is 17.4 Å². The van der Waals surface area contributed by atoms with Gasteiger partial charge >= 0.3 is 6.03 Å². The maximum absolute atomic E-state index is 13.0. The molecule has 0 aliphatic carbocycles. The third kappa shape index (κ3) is 4.38. The highest BCUT2D eigenvalue weighted by atomic mass is 16.5. The predicted octanol–water partition coefficient (Wildman–Crippen LogP) is 5.73. The minimum atomic E-state index is -0.348. The van der Waals surface area contributed by atoms with Crippen LogP contribution in [0.15, 0.2) is 64.8 Å². The highest BCUT2D eigenvalue weighted by molar-refractivity contribution is 5.86. The molecule has 0 radical (unpaired) electrons. The van der Waals surface area contributed by atoms with Gasteiger partial charge in [-0.25, -0.2) is 4.79 Å². The van der Waals surface area contributed by atoms with Crippen LogP contribution in [0.25, 0.3) is 17.0 Å². The van der Waals surface area contributed by atoms with E-state index in [1.807, 2.05) is 68.4 Å². The molecule has 0 saturated heterocycles. The second kappa shape index (κ2) is 9.16. The lowest BCUT2D eigenvalue weighted by Gasteiger charge is -2.35. The summed E-state index contributed by atoms with van der Waals surface area (Å²) in [5.41, 5.74) is 4.74. The van der Waals surface area contributed by atoms with E-state index in [4.69, 9.17) is 9.51 Å². The van der Waals surface area contributed by atoms with Crippen molar-refractivity contribution in [3.05, 3.63) is 77.3 Å². The van der Waals surface area contributed by atoms with E-state index in [1.165, 1.54) is 5.56 Å². The van der Waals surface area contributed by atoms with Crippen molar-refractivity contribution in [2.45, 2.75) is 46.1 Å². The fourth-order valence-corrected chi connectivity index (χ4v) is 3.89. The van der Waals surface area contributed by atoms with E-state index >= 15 is 0 Å². The average molecular weight is 417 g/mol. The van der Waals surface area contributed by atoms with Gasteiger partial charge in [-0.15, -0.1) is 0 Å². The average Bonchev–Trinajstić information content (AvgIpc) is 3.26. The molecule has 31 heavy (non-hydrogen) atoms. The molecule has 2 amide bonds. The first kappa shape index (κ1) is 20.8. The minimum absolute atomic E-state index is 0.0919. The molecule has 160 valence electrons. The summed E-state index contributed by atoms with van der Waals surface area (Å²) in [6.07, 6.45) is 3.12. The Morgan fingerprint density at radius 1 is 1.03 bits per heavy atom. The van der Waals surface area contributed by atoms with Crippen LogP contribution in [0.4, 0.5) is 4.79 Å². The van der Waals surface area contributed by atoms with Crippen molar-refractivity contribution in [1.82, 2.24) is 20.4 Å². The van der Waals surface area contributed by atoms with Gasteiger partial charge < -0.3 is 9.84 Å². The number of hydrogen-bond donors (Lipinski definition) is 1. The highest BCUT2D eigenvalue weighted by Crippen LogP contribution is 2.37. The zero-order valence-electron chi connectivity index (χ0n) is 18.3. The number of carbonyl (C=O) groups is 1. The molecular formula is C25H28N4O2. The Labute approximate surface area is 183 Å². The van der Waals surface area contributed by atoms with Crippen molar-refractivity contribution in [1.29, 1.82) is 0 Å². The number of carbonyl (C=O) groups excluding carboxylic acids is 1. The van der Waals surface area contributed by atoms with Gasteiger partial charge in [0.25, 0.3) is 5.89 Å². The highest BCUT2D eigenvalue weighted by Gasteiger charge is 2.35. The summed E-state index contributed by atoms with van der Waals surface area (Å²) in [7, 11) is 0. The molecule has 1 aliphatic heterocycles. The fourth-order valence-electron chi connectivity index (χ4n) is 3.89. The second-order valence-electron chi connectivity index (χ2n) is 7.94. The van der Waals surface area contributed by atoms with Crippen LogP contribution in [0.1, 0.15) is 56.2 Å². The van der Waals surface area contributed by atoms with Crippen LogP contribution in [-0.4, -0.2) is 27.6 Å². The number of rotatable bonds is 7. The molecule has 4 rings (SSSR count). The molecule has 1 aliphatic rings. The monoisotopic (exact) mass is 416 g/mol. The summed E-state index contributed by atoms with van der Waals surface area (Å²) in [6, 6.07) is 17.5. The Morgan fingerprint density at radius 3 is 2.48 bits per heavy atom. The Hall–Kier alpha value is -3.41. The van der Waals surface area contributed by atoms with Crippen molar-refractivity contribution in [2.24, 2.45) is 0 Å². The smallest absolute Gasteiger partial charge is 0.322 e. The molecule has 1 N–H and O–H groups in total. The van der Waals surface area contributed by atoms with Crippen LogP contribution >= 0.6 is 0 Å². The molecule has 0 spiro atoms. The quantitative estimate of drug-likeness (QED) is 0.499. The number of benzene rings is 2. The molecule has 0 bridgehead atoms. The van der Waals surface area contributed by atoms with Gasteiger partial charge in [0.05, 0.1) is 11.6 Å². The van der Waals surface area contributed by atoms with Gasteiger partial charge in [-0.1, -0.05) is 85.1 Å². The van der Waals surface area contributed by atoms with E-state index in [0.29, 0.717) is 18.3 Å². The molecule has 0 saturated carbocycles. The molecule has 6 heteroatoms. The molecule has 2 heterocycles. The maximum atomic E-state index is 13.0. The first-order valence-electron chi connectivity index (χ1n) is 10.8. The van der Waals surface area contributed by atoms with E-state index in [9.17, 15) is 4.79 Å². The number of amides is 2. The van der Waals surface area contributed by atoms with Crippen LogP contribution < -0.4 is 5.32 Å². The van der Waals surface area contributed by atoms with E-state index < -0.39 is 0 Å². The zero-order valence-corrected chi connectivity index (χ0v) is 18.3. The van der Waals surface area contributed by atoms with Crippen molar-refractivity contribution in [3.63, 3.8) is 0 Å². The maximum Gasteiger partial charge on any atom is 0.322 e. The van der Waals surface area contributed by atoms with E-state index in [0.717, 1.165) is 41.7 Å². The van der Waals surface area contributed by atoms with Crippen molar-refractivity contribution < 1.29 is 9.32 Å². The Morgan fingerprint density at radius 2 is 1.77 bits per heavy atom. The molecule has 1 atom stereocenters. The Balaban J connectivity index is 1.76. The lowest BCUT2D eigenvalue weighted by molar-refractivity contribution is 0.204. The molecular weight excluding hydrogens is 388 g/mol. The minimum Gasteiger partial charge on any atom is -0.334 e. The normalized spacial score (nSPS) is 16.5. The summed E-state index contributed by atoms with van der Waals surface area (Å²) < 4.78 is 5.72. The van der Waals surface area contributed by atoms with Gasteiger partial charge in [-0.05, 0) is 25.8 Å². The number of aromatic nitrogens is 2. The van der Waals surface area contributed by atoms with Gasteiger partial charge in [0.1, 0.15) is 0 Å². The summed E-state index contributed by atoms with van der Waals surface area (Å²) >= 11 is 0. The van der Waals surface area contributed by atoms with Crippen LogP contribution in [0.3, 0.4) is 0 Å². The topological polar surface area (TPSA) is 71.3 Å². The molecule has 1 aromatic heterocycles. The van der Waals surface area contributed by atoms with Gasteiger partial charge in [0.15, 0.2) is 0 Å². The summed E-state index contributed by atoms with van der Waals surface area (Å²) in [4.78, 5) is 19.5. The zero-order chi connectivity index (χ0) is 21.8. The molecule has 3 aromatic rings. The molecule has 1 unspecified atom stereocenters. The number of aryl methyl sites for hydroxylation is 1. The van der Waals surface area contributed by atoms with Crippen LogP contribution in [0, 0.1) is 6.92 Å². The third-order valence-corrected chi connectivity index (χ3v) is 5.68. The lowest BCUT2D eigenvalue weighted by atomic mass is 9.94. The first-order chi connectivity index (χ1) is 15.1. The Kier molecular flexibility index (Phi) is 6.16. The number of urea groups is 1.